The van der Waals surface area contributed by atoms with Gasteiger partial charge in [-0.05, 0) is 48.4 Å². The highest BCUT2D eigenvalue weighted by Gasteiger charge is 2.03. The van der Waals surface area contributed by atoms with Crippen molar-refractivity contribution in [3.63, 3.8) is 0 Å². The second-order valence-corrected chi connectivity index (χ2v) is 4.30. The summed E-state index contributed by atoms with van der Waals surface area (Å²) in [5.74, 6) is -0.424. The van der Waals surface area contributed by atoms with Crippen LogP contribution >= 0.6 is 0 Å². The lowest BCUT2D eigenvalue weighted by molar-refractivity contribution is -0.116. The molecule has 0 heterocycles. The topological polar surface area (TPSA) is 55.1 Å². The minimum Gasteiger partial charge on any atom is -0.399 e. The molecule has 0 aromatic heterocycles. The van der Waals surface area contributed by atoms with Gasteiger partial charge >= 0.3 is 0 Å². The predicted octanol–water partition coefficient (Wildman–Crippen LogP) is 2.98. The molecule has 98 valence electrons. The summed E-state index contributed by atoms with van der Waals surface area (Å²) in [6.45, 7) is 0. The Balaban J connectivity index is 1.86. The van der Waals surface area contributed by atoms with E-state index in [2.05, 4.69) is 5.32 Å². The summed E-state index contributed by atoms with van der Waals surface area (Å²) in [4.78, 5) is 11.7. The van der Waals surface area contributed by atoms with Crippen molar-refractivity contribution in [3.8, 4) is 0 Å². The molecule has 0 unspecified atom stereocenters. The Bertz CT molecular complexity index is 567. The summed E-state index contributed by atoms with van der Waals surface area (Å²) in [6, 6.07) is 13.2. The maximum atomic E-state index is 12.7. The molecule has 0 aliphatic carbocycles. The number of amides is 1. The number of benzene rings is 2. The molecular weight excluding hydrogens is 243 g/mol. The van der Waals surface area contributed by atoms with Gasteiger partial charge in [0.05, 0.1) is 0 Å². The Kier molecular flexibility index (Phi) is 4.13. The van der Waals surface area contributed by atoms with Crippen LogP contribution in [0.4, 0.5) is 15.8 Å². The van der Waals surface area contributed by atoms with Crippen LogP contribution in [-0.4, -0.2) is 5.91 Å². The fraction of sp³-hybridized carbons (Fsp3) is 0.133. The number of anilines is 2. The van der Waals surface area contributed by atoms with Crippen molar-refractivity contribution in [1.29, 1.82) is 0 Å². The van der Waals surface area contributed by atoms with Gasteiger partial charge in [0.2, 0.25) is 5.91 Å². The number of nitrogens with two attached hydrogens (primary N) is 1. The molecule has 0 bridgehead atoms. The highest BCUT2D eigenvalue weighted by atomic mass is 19.1. The zero-order valence-corrected chi connectivity index (χ0v) is 10.4. The first-order valence-corrected chi connectivity index (χ1v) is 6.03. The molecule has 0 saturated heterocycles. The van der Waals surface area contributed by atoms with E-state index in [0.717, 1.165) is 5.56 Å². The van der Waals surface area contributed by atoms with Crippen LogP contribution in [0.25, 0.3) is 0 Å². The number of aryl methyl sites for hydroxylation is 1. The van der Waals surface area contributed by atoms with E-state index in [1.807, 2.05) is 24.3 Å². The third kappa shape index (κ3) is 4.10. The highest BCUT2D eigenvalue weighted by Crippen LogP contribution is 2.11. The first-order valence-electron chi connectivity index (χ1n) is 6.03. The Morgan fingerprint density at radius 2 is 1.89 bits per heavy atom. The predicted molar refractivity (Wildman–Crippen MR) is 74.2 cm³/mol. The fourth-order valence-corrected chi connectivity index (χ4v) is 1.76. The largest absolute Gasteiger partial charge is 0.399 e. The van der Waals surface area contributed by atoms with Crippen LogP contribution in [0.3, 0.4) is 0 Å². The lowest BCUT2D eigenvalue weighted by Gasteiger charge is -2.05. The van der Waals surface area contributed by atoms with E-state index in [4.69, 9.17) is 5.73 Å². The van der Waals surface area contributed by atoms with Crippen molar-refractivity contribution in [2.45, 2.75) is 12.8 Å². The molecule has 3 N–H and O–H groups in total. The average Bonchev–Trinajstić information content (AvgIpc) is 2.39. The molecule has 0 saturated carbocycles. The molecule has 4 heteroatoms. The molecule has 2 aromatic carbocycles. The molecule has 2 rings (SSSR count). The summed E-state index contributed by atoms with van der Waals surface area (Å²) in [5, 5.41) is 2.72. The molecule has 2 aromatic rings. The molecular formula is C15H15FN2O. The minimum atomic E-state index is -0.322. The van der Waals surface area contributed by atoms with Gasteiger partial charge in [-0.25, -0.2) is 4.39 Å². The van der Waals surface area contributed by atoms with E-state index < -0.39 is 0 Å². The maximum absolute atomic E-state index is 12.7. The summed E-state index contributed by atoms with van der Waals surface area (Å²) in [7, 11) is 0. The average molecular weight is 258 g/mol. The third-order valence-corrected chi connectivity index (χ3v) is 2.72. The zero-order valence-electron chi connectivity index (χ0n) is 10.4. The number of rotatable bonds is 4. The van der Waals surface area contributed by atoms with Crippen LogP contribution in [0.15, 0.2) is 48.5 Å². The fourth-order valence-electron chi connectivity index (χ4n) is 1.76. The van der Waals surface area contributed by atoms with Gasteiger partial charge in [-0.1, -0.05) is 12.1 Å². The van der Waals surface area contributed by atoms with Gasteiger partial charge in [-0.2, -0.15) is 0 Å². The summed E-state index contributed by atoms with van der Waals surface area (Å²) < 4.78 is 12.7. The number of halogens is 1. The SMILES string of the molecule is Nc1cccc(CCC(=O)Nc2ccc(F)cc2)c1. The molecule has 0 aliphatic heterocycles. The molecule has 0 atom stereocenters. The van der Waals surface area contributed by atoms with Gasteiger partial charge in [0.15, 0.2) is 0 Å². The van der Waals surface area contributed by atoms with Crippen LogP contribution in [-0.2, 0) is 11.2 Å². The normalized spacial score (nSPS) is 10.2. The van der Waals surface area contributed by atoms with Crippen molar-refractivity contribution in [3.05, 3.63) is 59.9 Å². The van der Waals surface area contributed by atoms with Gasteiger partial charge in [-0.3, -0.25) is 4.79 Å². The Hall–Kier alpha value is -2.36. The second-order valence-electron chi connectivity index (χ2n) is 4.30. The molecule has 0 radical (unpaired) electrons. The van der Waals surface area contributed by atoms with E-state index in [1.165, 1.54) is 24.3 Å². The molecule has 0 aliphatic rings. The van der Waals surface area contributed by atoms with Gasteiger partial charge < -0.3 is 11.1 Å². The third-order valence-electron chi connectivity index (χ3n) is 2.72. The maximum Gasteiger partial charge on any atom is 0.224 e. The monoisotopic (exact) mass is 258 g/mol. The van der Waals surface area contributed by atoms with Crippen molar-refractivity contribution in [2.24, 2.45) is 0 Å². The van der Waals surface area contributed by atoms with E-state index in [0.29, 0.717) is 24.2 Å². The number of hydrogen-bond donors (Lipinski definition) is 2. The second kappa shape index (κ2) is 6.00. The van der Waals surface area contributed by atoms with E-state index in [-0.39, 0.29) is 11.7 Å². The van der Waals surface area contributed by atoms with Crippen LogP contribution < -0.4 is 11.1 Å². The number of hydrogen-bond acceptors (Lipinski definition) is 2. The number of nitrogens with one attached hydrogen (secondary N) is 1. The standard InChI is InChI=1S/C15H15FN2O/c16-12-5-7-14(8-6-12)18-15(19)9-4-11-2-1-3-13(17)10-11/h1-3,5-8,10H,4,9,17H2,(H,18,19). The van der Waals surface area contributed by atoms with Crippen molar-refractivity contribution in [2.75, 3.05) is 11.1 Å². The summed E-state index contributed by atoms with van der Waals surface area (Å²) in [6.07, 6.45) is 0.985. The van der Waals surface area contributed by atoms with E-state index in [9.17, 15) is 9.18 Å². The first kappa shape index (κ1) is 13.1. The quantitative estimate of drug-likeness (QED) is 0.828. The molecule has 19 heavy (non-hydrogen) atoms. The van der Waals surface area contributed by atoms with Crippen LogP contribution in [0, 0.1) is 5.82 Å². The van der Waals surface area contributed by atoms with Gasteiger partial charge in [0.25, 0.3) is 0 Å². The van der Waals surface area contributed by atoms with E-state index in [1.54, 1.807) is 0 Å². The van der Waals surface area contributed by atoms with Crippen molar-refractivity contribution < 1.29 is 9.18 Å². The Labute approximate surface area is 111 Å². The molecule has 3 nitrogen and oxygen atoms in total. The van der Waals surface area contributed by atoms with Crippen molar-refractivity contribution in [1.82, 2.24) is 0 Å². The number of carbonyl (C=O) groups is 1. The number of nitrogen functional groups attached to an aromatic ring is 1. The Morgan fingerprint density at radius 1 is 1.16 bits per heavy atom. The summed E-state index contributed by atoms with van der Waals surface area (Å²) in [5.41, 5.74) is 7.98. The highest BCUT2D eigenvalue weighted by molar-refractivity contribution is 5.90. The van der Waals surface area contributed by atoms with Crippen LogP contribution in [0.1, 0.15) is 12.0 Å². The van der Waals surface area contributed by atoms with Gasteiger partial charge in [-0.15, -0.1) is 0 Å². The summed E-state index contributed by atoms with van der Waals surface area (Å²) >= 11 is 0. The van der Waals surface area contributed by atoms with Gasteiger partial charge in [0.1, 0.15) is 5.82 Å². The smallest absolute Gasteiger partial charge is 0.224 e. The zero-order chi connectivity index (χ0) is 13.7. The number of carbonyl (C=O) groups excluding carboxylic acids is 1. The van der Waals surface area contributed by atoms with Crippen molar-refractivity contribution >= 4 is 17.3 Å². The van der Waals surface area contributed by atoms with E-state index >= 15 is 0 Å². The van der Waals surface area contributed by atoms with Crippen LogP contribution in [0.5, 0.6) is 0 Å². The molecule has 0 fully saturated rings. The lowest BCUT2D eigenvalue weighted by atomic mass is 10.1. The first-order chi connectivity index (χ1) is 9.13. The van der Waals surface area contributed by atoms with Crippen LogP contribution in [0.2, 0.25) is 0 Å². The lowest BCUT2D eigenvalue weighted by Crippen LogP contribution is -2.12. The van der Waals surface area contributed by atoms with Gasteiger partial charge in [0, 0.05) is 17.8 Å². The Morgan fingerprint density at radius 3 is 2.58 bits per heavy atom. The molecule has 0 spiro atoms. The minimum absolute atomic E-state index is 0.103. The molecule has 1 amide bonds.